The van der Waals surface area contributed by atoms with E-state index < -0.39 is 0 Å². The van der Waals surface area contributed by atoms with Crippen LogP contribution >= 0.6 is 0 Å². The first-order valence-corrected chi connectivity index (χ1v) is 12.7. The Morgan fingerprint density at radius 3 is 2.27 bits per heavy atom. The largest absolute Gasteiger partial charge is 0.511 e. The fourth-order valence-electron chi connectivity index (χ4n) is 3.04. The van der Waals surface area contributed by atoms with E-state index in [9.17, 15) is 9.50 Å². The highest BCUT2D eigenvalue weighted by atomic mass is 32.1. The summed E-state index contributed by atoms with van der Waals surface area (Å²) >= 11 is 2.83. The van der Waals surface area contributed by atoms with Crippen LogP contribution in [0, 0.1) is 5.82 Å². The van der Waals surface area contributed by atoms with Crippen molar-refractivity contribution < 1.29 is 13.7 Å². The molecule has 0 unspecified atom stereocenters. The molecule has 0 amide bonds. The Balaban J connectivity index is 0.00000112. The number of rotatable bonds is 7. The van der Waals surface area contributed by atoms with Crippen LogP contribution in [0.25, 0.3) is 11.0 Å². The van der Waals surface area contributed by atoms with Gasteiger partial charge in [0.05, 0.1) is 24.0 Å². The first kappa shape index (κ1) is 33.5. The number of pyridine rings is 1. The minimum absolute atomic E-state index is 0.0191. The SMILES string of the molecule is CC.CC(N)=NC(=N/C=C(\C)O)c1nn(Cc2ccccc2F)c2ncccc12.CCCCCC.O=S. The predicted octanol–water partition coefficient (Wildman–Crippen LogP) is 6.44. The van der Waals surface area contributed by atoms with Crippen LogP contribution < -0.4 is 5.73 Å². The van der Waals surface area contributed by atoms with E-state index in [2.05, 4.69) is 46.4 Å². The van der Waals surface area contributed by atoms with Crippen molar-refractivity contribution >= 4 is 35.2 Å². The molecular formula is C27H39FN6O2S. The molecule has 2 aromatic heterocycles. The second-order valence-electron chi connectivity index (χ2n) is 7.66. The van der Waals surface area contributed by atoms with E-state index in [0.29, 0.717) is 28.1 Å². The van der Waals surface area contributed by atoms with Crippen molar-refractivity contribution in [1.82, 2.24) is 14.8 Å². The molecule has 0 atom stereocenters. The Hall–Kier alpha value is -3.53. The van der Waals surface area contributed by atoms with E-state index >= 15 is 0 Å². The zero-order valence-electron chi connectivity index (χ0n) is 22.6. The normalized spacial score (nSPS) is 11.5. The average Bonchev–Trinajstić information content (AvgIpc) is 3.27. The lowest BCUT2D eigenvalue weighted by Gasteiger charge is -2.04. The first-order chi connectivity index (χ1) is 17.9. The van der Waals surface area contributed by atoms with Crippen molar-refractivity contribution in [3.63, 3.8) is 0 Å². The zero-order chi connectivity index (χ0) is 28.2. The Morgan fingerprint density at radius 2 is 1.73 bits per heavy atom. The molecule has 0 aliphatic heterocycles. The Labute approximate surface area is 224 Å². The molecule has 0 spiro atoms. The van der Waals surface area contributed by atoms with Crippen LogP contribution in [0.4, 0.5) is 4.39 Å². The number of amidine groups is 2. The molecule has 0 aliphatic rings. The van der Waals surface area contributed by atoms with Crippen LogP contribution in [0.2, 0.25) is 0 Å². The molecule has 0 bridgehead atoms. The molecule has 0 aliphatic carbocycles. The minimum Gasteiger partial charge on any atom is -0.511 e. The van der Waals surface area contributed by atoms with Crippen LogP contribution in [0.1, 0.15) is 78.5 Å². The van der Waals surface area contributed by atoms with Gasteiger partial charge in [-0.3, -0.25) is 0 Å². The van der Waals surface area contributed by atoms with Gasteiger partial charge >= 0.3 is 0 Å². The van der Waals surface area contributed by atoms with Gasteiger partial charge in [-0.05, 0) is 32.0 Å². The predicted molar refractivity (Wildman–Crippen MR) is 153 cm³/mol. The monoisotopic (exact) mass is 530 g/mol. The molecule has 1 aromatic carbocycles. The van der Waals surface area contributed by atoms with Gasteiger partial charge in [0, 0.05) is 11.8 Å². The van der Waals surface area contributed by atoms with Crippen LogP contribution in [0.15, 0.2) is 64.5 Å². The number of aliphatic hydroxyl groups excluding tert-OH is 1. The van der Waals surface area contributed by atoms with E-state index in [1.807, 2.05) is 19.9 Å². The van der Waals surface area contributed by atoms with E-state index in [1.165, 1.54) is 44.9 Å². The van der Waals surface area contributed by atoms with Crippen molar-refractivity contribution in [2.45, 2.75) is 73.8 Å². The second kappa shape index (κ2) is 19.6. The number of aliphatic hydroxyl groups is 1. The van der Waals surface area contributed by atoms with Gasteiger partial charge in [0.1, 0.15) is 17.3 Å². The molecule has 3 aromatic rings. The summed E-state index contributed by atoms with van der Waals surface area (Å²) in [5, 5.41) is 14.7. The van der Waals surface area contributed by atoms with E-state index in [0.717, 1.165) is 0 Å². The number of halogens is 1. The average molecular weight is 531 g/mol. The van der Waals surface area contributed by atoms with Gasteiger partial charge in [0.25, 0.3) is 0 Å². The highest BCUT2D eigenvalue weighted by Gasteiger charge is 2.17. The van der Waals surface area contributed by atoms with Gasteiger partial charge < -0.3 is 10.8 Å². The molecule has 3 N–H and O–H groups in total. The minimum atomic E-state index is -0.317. The fourth-order valence-corrected chi connectivity index (χ4v) is 3.04. The summed E-state index contributed by atoms with van der Waals surface area (Å²) in [4.78, 5) is 12.8. The van der Waals surface area contributed by atoms with Crippen LogP contribution in [0.3, 0.4) is 0 Å². The quantitative estimate of drug-likeness (QED) is 0.157. The van der Waals surface area contributed by atoms with Crippen molar-refractivity contribution in [2.75, 3.05) is 0 Å². The van der Waals surface area contributed by atoms with Gasteiger partial charge in [-0.15, -0.1) is 0 Å². The molecule has 10 heteroatoms. The third kappa shape index (κ3) is 11.8. The molecule has 202 valence electrons. The molecule has 8 nitrogen and oxygen atoms in total. The lowest BCUT2D eigenvalue weighted by molar-refractivity contribution is 0.412. The van der Waals surface area contributed by atoms with Gasteiger partial charge in [-0.2, -0.15) is 9.31 Å². The number of fused-ring (bicyclic) bond motifs is 1. The second-order valence-corrected chi connectivity index (χ2v) is 7.66. The van der Waals surface area contributed by atoms with Gasteiger partial charge in [-0.1, -0.05) is 71.6 Å². The molecular weight excluding hydrogens is 491 g/mol. The van der Waals surface area contributed by atoms with E-state index in [-0.39, 0.29) is 24.0 Å². The maximum Gasteiger partial charge on any atom is 0.197 e. The standard InChI is InChI=1S/C19H19FN6O.C6H14.C2H6.OS/c1-12(27)10-23-18(24-13(2)21)17-15-7-5-9-22-19(15)26(25-17)11-14-6-3-4-8-16(14)20;1-3-5-6-4-2;2*1-2/h3-10,27H,11H2,1-2H3,(H2,21,23,24);3-6H2,1-2H3;1-2H3;/b12-10+;;;. The number of unbranched alkanes of at least 4 members (excludes halogenated alkanes) is 3. The molecule has 0 fully saturated rings. The molecule has 0 saturated carbocycles. The highest BCUT2D eigenvalue weighted by Crippen LogP contribution is 2.20. The van der Waals surface area contributed by atoms with Gasteiger partial charge in [-0.25, -0.2) is 24.0 Å². The molecule has 0 radical (unpaired) electrons. The fraction of sp³-hybridized carbons (Fsp3) is 0.407. The number of hydrogen-bond acceptors (Lipinski definition) is 6. The lowest BCUT2D eigenvalue weighted by atomic mass is 10.2. The summed E-state index contributed by atoms with van der Waals surface area (Å²) in [7, 11) is 0. The first-order valence-electron chi connectivity index (χ1n) is 12.3. The molecule has 0 saturated heterocycles. The summed E-state index contributed by atoms with van der Waals surface area (Å²) < 4.78 is 23.5. The van der Waals surface area contributed by atoms with Crippen LogP contribution in [-0.4, -0.2) is 35.8 Å². The number of allylic oxidation sites excluding steroid dienone is 1. The van der Waals surface area contributed by atoms with Crippen molar-refractivity contribution in [2.24, 2.45) is 15.7 Å². The number of aliphatic imine (C=N–C) groups is 2. The topological polar surface area (TPSA) is 119 Å². The molecule has 3 rings (SSSR count). The smallest absolute Gasteiger partial charge is 0.197 e. The maximum atomic E-state index is 14.1. The Morgan fingerprint density at radius 1 is 1.11 bits per heavy atom. The maximum absolute atomic E-state index is 14.1. The number of aromatic nitrogens is 3. The van der Waals surface area contributed by atoms with Gasteiger partial charge in [0.15, 0.2) is 24.0 Å². The van der Waals surface area contributed by atoms with Crippen molar-refractivity contribution in [3.8, 4) is 0 Å². The van der Waals surface area contributed by atoms with Gasteiger partial charge in [0.2, 0.25) is 0 Å². The Kier molecular flexibility index (Phi) is 17.8. The number of nitrogens with two attached hydrogens (primary N) is 1. The summed E-state index contributed by atoms with van der Waals surface area (Å²) in [6.07, 6.45) is 8.44. The van der Waals surface area contributed by atoms with Crippen molar-refractivity contribution in [3.05, 3.63) is 71.6 Å². The van der Waals surface area contributed by atoms with Crippen molar-refractivity contribution in [1.29, 1.82) is 0 Å². The zero-order valence-corrected chi connectivity index (χ0v) is 23.4. The third-order valence-electron chi connectivity index (χ3n) is 4.61. The number of benzene rings is 1. The molecule has 2 heterocycles. The summed E-state index contributed by atoms with van der Waals surface area (Å²) in [6, 6.07) is 10.1. The van der Waals surface area contributed by atoms with Crippen LogP contribution in [0.5, 0.6) is 0 Å². The lowest BCUT2D eigenvalue weighted by Crippen LogP contribution is -2.11. The van der Waals surface area contributed by atoms with E-state index in [4.69, 9.17) is 9.94 Å². The number of nitrogens with zero attached hydrogens (tertiary/aromatic N) is 5. The molecule has 37 heavy (non-hydrogen) atoms. The van der Waals surface area contributed by atoms with E-state index in [1.54, 1.807) is 42.1 Å². The highest BCUT2D eigenvalue weighted by molar-refractivity contribution is 7.44. The van der Waals surface area contributed by atoms with Crippen LogP contribution in [-0.2, 0) is 19.1 Å². The summed E-state index contributed by atoms with van der Waals surface area (Å²) in [6.45, 7) is 11.8. The number of hydrogen-bond donors (Lipinski definition) is 2. The third-order valence-corrected chi connectivity index (χ3v) is 4.61. The summed E-state index contributed by atoms with van der Waals surface area (Å²) in [5.74, 6) is 0.222. The Bertz CT molecular complexity index is 1150. The summed E-state index contributed by atoms with van der Waals surface area (Å²) in [5.41, 5.74) is 7.21.